The number of para-hydroxylation sites is 1. The number of carbonyl (C=O) groups excluding carboxylic acids is 1. The lowest BCUT2D eigenvalue weighted by Crippen LogP contribution is -2.42. The highest BCUT2D eigenvalue weighted by Gasteiger charge is 2.36. The van der Waals surface area contributed by atoms with E-state index in [0.717, 1.165) is 46.2 Å². The monoisotopic (exact) mass is 499 g/mol. The van der Waals surface area contributed by atoms with Crippen LogP contribution in [0.15, 0.2) is 72.9 Å². The first kappa shape index (κ1) is 24.6. The Morgan fingerprint density at radius 1 is 1.11 bits per heavy atom. The van der Waals surface area contributed by atoms with Crippen molar-refractivity contribution < 1.29 is 14.3 Å². The number of rotatable bonds is 8. The molecule has 4 aromatic rings. The third-order valence-electron chi connectivity index (χ3n) is 6.70. The molecular formula is C29H33N5O3. The summed E-state index contributed by atoms with van der Waals surface area (Å²) in [5, 5.41) is 8.02. The van der Waals surface area contributed by atoms with Crippen molar-refractivity contribution in [1.29, 1.82) is 0 Å². The number of nitrogens with zero attached hydrogens (tertiary/aromatic N) is 4. The third kappa shape index (κ3) is 4.84. The van der Waals surface area contributed by atoms with Crippen molar-refractivity contribution in [2.24, 2.45) is 0 Å². The van der Waals surface area contributed by atoms with Crippen LogP contribution in [-0.4, -0.2) is 52.1 Å². The van der Waals surface area contributed by atoms with Crippen molar-refractivity contribution >= 4 is 6.03 Å². The van der Waals surface area contributed by atoms with E-state index in [4.69, 9.17) is 14.6 Å². The van der Waals surface area contributed by atoms with Gasteiger partial charge >= 0.3 is 6.03 Å². The standard InChI is InChI=1S/C29H33N5O3/c1-4-37-18-10-16-30-29(35)33-20-25-21(2)31-34(23-12-6-5-7-13-23)28(25)32-17-9-15-26(32)27(33)22-11-8-14-24(19-22)36-3/h5-9,11-15,17,19,27H,4,10,16,18,20H2,1-3H3,(H,30,35)/t27-/m1/s1. The highest BCUT2D eigenvalue weighted by atomic mass is 16.5. The van der Waals surface area contributed by atoms with Crippen molar-refractivity contribution in [2.75, 3.05) is 26.9 Å². The van der Waals surface area contributed by atoms with Gasteiger partial charge in [-0.05, 0) is 62.2 Å². The molecule has 1 aliphatic rings. The lowest BCUT2D eigenvalue weighted by molar-refractivity contribution is 0.143. The van der Waals surface area contributed by atoms with Crippen LogP contribution >= 0.6 is 0 Å². The zero-order valence-corrected chi connectivity index (χ0v) is 21.6. The Morgan fingerprint density at radius 3 is 2.73 bits per heavy atom. The number of fused-ring (bicyclic) bond motifs is 3. The van der Waals surface area contributed by atoms with Crippen LogP contribution in [0.4, 0.5) is 4.79 Å². The Kier molecular flexibility index (Phi) is 7.28. The van der Waals surface area contributed by atoms with E-state index in [-0.39, 0.29) is 12.1 Å². The zero-order chi connectivity index (χ0) is 25.8. The summed E-state index contributed by atoms with van der Waals surface area (Å²) in [5.74, 6) is 1.70. The van der Waals surface area contributed by atoms with Gasteiger partial charge in [-0.25, -0.2) is 9.48 Å². The molecule has 0 saturated heterocycles. The maximum absolute atomic E-state index is 13.8. The minimum Gasteiger partial charge on any atom is -0.497 e. The molecule has 0 fully saturated rings. The van der Waals surface area contributed by atoms with Crippen LogP contribution < -0.4 is 10.1 Å². The fraction of sp³-hybridized carbons (Fsp3) is 0.310. The first-order valence-electron chi connectivity index (χ1n) is 12.7. The smallest absolute Gasteiger partial charge is 0.318 e. The SMILES string of the molecule is CCOCCCNC(=O)N1Cc2c(C)nn(-c3ccccc3)c2-n2cccc2[C@H]1c1cccc(OC)c1. The number of nitrogens with one attached hydrogen (secondary N) is 1. The highest BCUT2D eigenvalue weighted by Crippen LogP contribution is 2.39. The minimum absolute atomic E-state index is 0.128. The predicted molar refractivity (Wildman–Crippen MR) is 143 cm³/mol. The number of hydrogen-bond donors (Lipinski definition) is 1. The summed E-state index contributed by atoms with van der Waals surface area (Å²) < 4.78 is 15.1. The second kappa shape index (κ2) is 10.9. The summed E-state index contributed by atoms with van der Waals surface area (Å²) in [4.78, 5) is 15.7. The van der Waals surface area contributed by atoms with Gasteiger partial charge in [-0.3, -0.25) is 0 Å². The number of aryl methyl sites for hydroxylation is 1. The van der Waals surface area contributed by atoms with Gasteiger partial charge in [-0.15, -0.1) is 0 Å². The molecule has 5 rings (SSSR count). The first-order chi connectivity index (χ1) is 18.1. The quantitative estimate of drug-likeness (QED) is 0.346. The summed E-state index contributed by atoms with van der Waals surface area (Å²) >= 11 is 0. The van der Waals surface area contributed by atoms with Gasteiger partial charge in [-0.2, -0.15) is 5.10 Å². The number of urea groups is 1. The van der Waals surface area contributed by atoms with Crippen LogP contribution in [0.2, 0.25) is 0 Å². The third-order valence-corrected chi connectivity index (χ3v) is 6.70. The van der Waals surface area contributed by atoms with Crippen molar-refractivity contribution in [3.05, 3.63) is 95.4 Å². The number of methoxy groups -OCH3 is 1. The van der Waals surface area contributed by atoms with Crippen molar-refractivity contribution in [3.8, 4) is 17.3 Å². The fourth-order valence-electron chi connectivity index (χ4n) is 4.93. The molecule has 1 N–H and O–H groups in total. The van der Waals surface area contributed by atoms with Crippen molar-refractivity contribution in [3.63, 3.8) is 0 Å². The van der Waals surface area contributed by atoms with Crippen LogP contribution in [0.3, 0.4) is 0 Å². The van der Waals surface area contributed by atoms with E-state index in [1.54, 1.807) is 7.11 Å². The number of amides is 2. The molecule has 192 valence electrons. The van der Waals surface area contributed by atoms with E-state index >= 15 is 0 Å². The second-order valence-corrected chi connectivity index (χ2v) is 9.03. The lowest BCUT2D eigenvalue weighted by atomic mass is 10.0. The predicted octanol–water partition coefficient (Wildman–Crippen LogP) is 5.02. The van der Waals surface area contributed by atoms with Crippen LogP contribution in [0.1, 0.15) is 41.9 Å². The molecule has 0 radical (unpaired) electrons. The molecule has 0 bridgehead atoms. The van der Waals surface area contributed by atoms with Gasteiger partial charge in [-0.1, -0.05) is 30.3 Å². The maximum atomic E-state index is 13.8. The van der Waals surface area contributed by atoms with Gasteiger partial charge in [0.25, 0.3) is 0 Å². The Bertz CT molecular complexity index is 1360. The van der Waals surface area contributed by atoms with E-state index in [1.165, 1.54) is 0 Å². The molecule has 37 heavy (non-hydrogen) atoms. The lowest BCUT2D eigenvalue weighted by Gasteiger charge is -2.31. The molecule has 0 unspecified atom stereocenters. The summed E-state index contributed by atoms with van der Waals surface area (Å²) in [6, 6.07) is 21.7. The van der Waals surface area contributed by atoms with E-state index in [1.807, 2.05) is 90.3 Å². The van der Waals surface area contributed by atoms with Gasteiger partial charge in [0, 0.05) is 31.5 Å². The van der Waals surface area contributed by atoms with Crippen LogP contribution in [0.5, 0.6) is 5.75 Å². The topological polar surface area (TPSA) is 73.5 Å². The Labute approximate surface area is 217 Å². The first-order valence-corrected chi connectivity index (χ1v) is 12.7. The van der Waals surface area contributed by atoms with E-state index in [0.29, 0.717) is 26.3 Å². The molecule has 0 saturated carbocycles. The van der Waals surface area contributed by atoms with Gasteiger partial charge in [0.2, 0.25) is 0 Å². The number of hydrogen-bond acceptors (Lipinski definition) is 4. The van der Waals surface area contributed by atoms with Gasteiger partial charge in [0.15, 0.2) is 0 Å². The molecule has 8 heteroatoms. The molecular weight excluding hydrogens is 466 g/mol. The fourth-order valence-corrected chi connectivity index (χ4v) is 4.93. The summed E-state index contributed by atoms with van der Waals surface area (Å²) in [6.45, 7) is 6.21. The molecule has 1 atom stereocenters. The molecule has 2 aromatic carbocycles. The number of aromatic nitrogens is 3. The van der Waals surface area contributed by atoms with E-state index < -0.39 is 0 Å². The van der Waals surface area contributed by atoms with Crippen LogP contribution in [0, 0.1) is 6.92 Å². The summed E-state index contributed by atoms with van der Waals surface area (Å²) in [5.41, 5.74) is 4.83. The summed E-state index contributed by atoms with van der Waals surface area (Å²) in [7, 11) is 1.66. The Hall–Kier alpha value is -4.04. The molecule has 2 amide bonds. The van der Waals surface area contributed by atoms with E-state index in [9.17, 15) is 4.79 Å². The van der Waals surface area contributed by atoms with E-state index in [2.05, 4.69) is 16.0 Å². The largest absolute Gasteiger partial charge is 0.497 e. The molecule has 2 aromatic heterocycles. The van der Waals surface area contributed by atoms with Crippen LogP contribution in [0.25, 0.3) is 11.5 Å². The number of ether oxygens (including phenoxy) is 2. The van der Waals surface area contributed by atoms with Gasteiger partial charge in [0.1, 0.15) is 11.6 Å². The molecule has 3 heterocycles. The maximum Gasteiger partial charge on any atom is 0.318 e. The zero-order valence-electron chi connectivity index (χ0n) is 21.6. The Morgan fingerprint density at radius 2 is 1.95 bits per heavy atom. The second-order valence-electron chi connectivity index (χ2n) is 9.03. The molecule has 0 aliphatic carbocycles. The number of carbonyl (C=O) groups is 1. The van der Waals surface area contributed by atoms with Crippen molar-refractivity contribution in [1.82, 2.24) is 24.6 Å². The minimum atomic E-state index is -0.326. The molecule has 8 nitrogen and oxygen atoms in total. The number of benzene rings is 2. The molecule has 0 spiro atoms. The van der Waals surface area contributed by atoms with Crippen molar-refractivity contribution in [2.45, 2.75) is 32.9 Å². The van der Waals surface area contributed by atoms with Gasteiger partial charge in [0.05, 0.1) is 36.8 Å². The highest BCUT2D eigenvalue weighted by molar-refractivity contribution is 5.76. The average Bonchev–Trinajstić information content (AvgIpc) is 3.49. The molecule has 1 aliphatic heterocycles. The van der Waals surface area contributed by atoms with Crippen LogP contribution in [-0.2, 0) is 11.3 Å². The van der Waals surface area contributed by atoms with Gasteiger partial charge < -0.3 is 24.3 Å². The average molecular weight is 500 g/mol. The Balaban J connectivity index is 1.62. The summed E-state index contributed by atoms with van der Waals surface area (Å²) in [6.07, 6.45) is 2.80. The normalized spacial score (nSPS) is 14.6.